The normalized spacial score (nSPS) is 11.2. The highest BCUT2D eigenvalue weighted by atomic mass is 35.5. The fourth-order valence-electron chi connectivity index (χ4n) is 2.47. The lowest BCUT2D eigenvalue weighted by molar-refractivity contribution is -0.385. The number of benzene rings is 2. The number of nitrogens with one attached hydrogen (secondary N) is 1. The van der Waals surface area contributed by atoms with Gasteiger partial charge >= 0.3 is 0 Å². The van der Waals surface area contributed by atoms with Crippen LogP contribution in [0.5, 0.6) is 0 Å². The Hall–Kier alpha value is -2.84. The Bertz CT molecular complexity index is 1060. The van der Waals surface area contributed by atoms with Crippen LogP contribution in [0.15, 0.2) is 47.6 Å². The van der Waals surface area contributed by atoms with Gasteiger partial charge in [0.05, 0.1) is 16.2 Å². The van der Waals surface area contributed by atoms with Crippen LogP contribution < -0.4 is 0 Å². The molecule has 9 heteroatoms. The number of aryl methyl sites for hydroxylation is 1. The summed E-state index contributed by atoms with van der Waals surface area (Å²) in [7, 11) is 0. The van der Waals surface area contributed by atoms with Crippen molar-refractivity contribution < 1.29 is 4.92 Å². The van der Waals surface area contributed by atoms with Gasteiger partial charge in [-0.05, 0) is 30.8 Å². The molecule has 0 aliphatic rings. The van der Waals surface area contributed by atoms with Crippen molar-refractivity contribution in [1.82, 2.24) is 14.9 Å². The van der Waals surface area contributed by atoms with Gasteiger partial charge in [-0.3, -0.25) is 10.1 Å². The van der Waals surface area contributed by atoms with Crippen LogP contribution in [0.1, 0.15) is 18.1 Å². The number of halogens is 1. The zero-order chi connectivity index (χ0) is 18.7. The Labute approximate surface area is 159 Å². The third-order valence-corrected chi connectivity index (χ3v) is 4.37. The Morgan fingerprint density at radius 2 is 2.15 bits per heavy atom. The maximum Gasteiger partial charge on any atom is 0.273 e. The lowest BCUT2D eigenvalue weighted by atomic mass is 10.1. The summed E-state index contributed by atoms with van der Waals surface area (Å²) in [6.45, 7) is 1.87. The molecule has 0 spiro atoms. The maximum atomic E-state index is 11.2. The first kappa shape index (κ1) is 18.0. The molecule has 0 amide bonds. The molecule has 3 aromatic rings. The number of hydrogen-bond donors (Lipinski definition) is 1. The summed E-state index contributed by atoms with van der Waals surface area (Å²) in [6, 6.07) is 12.2. The molecule has 0 saturated heterocycles. The summed E-state index contributed by atoms with van der Waals surface area (Å²) in [6.07, 6.45) is 2.08. The minimum Gasteiger partial charge on any atom is -0.258 e. The first-order valence-electron chi connectivity index (χ1n) is 7.75. The standard InChI is InChI=1S/C17H14ClN5O2S/c1-2-12-8-7-11(9-15(12)23(24)25)10-19-22-16(20-21-17(22)26)13-5-3-4-6-14(13)18/h3-10H,2H2,1H3,(H,21,26)/b19-10-. The van der Waals surface area contributed by atoms with E-state index in [4.69, 9.17) is 23.8 Å². The Kier molecular flexibility index (Phi) is 5.24. The first-order valence-corrected chi connectivity index (χ1v) is 8.54. The number of aromatic amines is 1. The van der Waals surface area contributed by atoms with Gasteiger partial charge in [0.25, 0.3) is 5.69 Å². The molecule has 132 valence electrons. The average molecular weight is 388 g/mol. The lowest BCUT2D eigenvalue weighted by Gasteiger charge is -2.03. The summed E-state index contributed by atoms with van der Waals surface area (Å²) >= 11 is 11.4. The van der Waals surface area contributed by atoms with Gasteiger partial charge in [0.2, 0.25) is 4.77 Å². The number of rotatable bonds is 5. The zero-order valence-corrected chi connectivity index (χ0v) is 15.3. The van der Waals surface area contributed by atoms with E-state index in [1.807, 2.05) is 19.1 Å². The van der Waals surface area contributed by atoms with Crippen LogP contribution in [0.4, 0.5) is 5.69 Å². The van der Waals surface area contributed by atoms with Crippen molar-refractivity contribution in [2.24, 2.45) is 5.10 Å². The van der Waals surface area contributed by atoms with Gasteiger partial charge in [-0.2, -0.15) is 14.9 Å². The molecule has 7 nitrogen and oxygen atoms in total. The molecular weight excluding hydrogens is 374 g/mol. The molecule has 26 heavy (non-hydrogen) atoms. The van der Waals surface area contributed by atoms with Crippen molar-refractivity contribution in [1.29, 1.82) is 0 Å². The van der Waals surface area contributed by atoms with Crippen molar-refractivity contribution in [3.05, 3.63) is 73.5 Å². The predicted octanol–water partition coefficient (Wildman–Crippen LogP) is 4.61. The summed E-state index contributed by atoms with van der Waals surface area (Å²) in [5.74, 6) is 0.455. The summed E-state index contributed by atoms with van der Waals surface area (Å²) in [5, 5.41) is 22.9. The first-order chi connectivity index (χ1) is 12.5. The number of nitro benzene ring substituents is 1. The van der Waals surface area contributed by atoms with Gasteiger partial charge in [0.15, 0.2) is 5.82 Å². The topological polar surface area (TPSA) is 89.1 Å². The Morgan fingerprint density at radius 1 is 1.38 bits per heavy atom. The van der Waals surface area contributed by atoms with Gasteiger partial charge in [-0.1, -0.05) is 42.8 Å². The molecule has 0 bridgehead atoms. The number of nitro groups is 1. The molecule has 0 aliphatic heterocycles. The van der Waals surface area contributed by atoms with E-state index in [1.165, 1.54) is 17.0 Å². The van der Waals surface area contributed by atoms with E-state index in [-0.39, 0.29) is 10.5 Å². The molecule has 0 fully saturated rings. The molecule has 0 aliphatic carbocycles. The number of H-pyrrole nitrogens is 1. The highest BCUT2D eigenvalue weighted by Gasteiger charge is 2.13. The third kappa shape index (κ3) is 3.56. The van der Waals surface area contributed by atoms with Crippen LogP contribution in [0.25, 0.3) is 11.4 Å². The van der Waals surface area contributed by atoms with Crippen molar-refractivity contribution in [2.75, 3.05) is 0 Å². The molecule has 2 aromatic carbocycles. The smallest absolute Gasteiger partial charge is 0.258 e. The van der Waals surface area contributed by atoms with E-state index in [2.05, 4.69) is 15.3 Å². The number of hydrogen-bond acceptors (Lipinski definition) is 5. The van der Waals surface area contributed by atoms with Crippen molar-refractivity contribution in [3.63, 3.8) is 0 Å². The van der Waals surface area contributed by atoms with E-state index < -0.39 is 4.92 Å². The molecule has 0 saturated carbocycles. The van der Waals surface area contributed by atoms with Crippen LogP contribution in [0.2, 0.25) is 5.02 Å². The SMILES string of the molecule is CCc1ccc(/C=N\n2c(-c3ccccc3Cl)n[nH]c2=S)cc1[N+](=O)[O-]. The Morgan fingerprint density at radius 3 is 2.85 bits per heavy atom. The summed E-state index contributed by atoms with van der Waals surface area (Å²) < 4.78 is 1.71. The van der Waals surface area contributed by atoms with E-state index >= 15 is 0 Å². The number of aromatic nitrogens is 3. The van der Waals surface area contributed by atoms with Crippen molar-refractivity contribution in [2.45, 2.75) is 13.3 Å². The molecular formula is C17H14ClN5O2S. The number of nitrogens with zero attached hydrogens (tertiary/aromatic N) is 4. The summed E-state index contributed by atoms with van der Waals surface area (Å²) in [4.78, 5) is 10.8. The Balaban J connectivity index is 2.02. The average Bonchev–Trinajstić information content (AvgIpc) is 3.00. The van der Waals surface area contributed by atoms with Gasteiger partial charge in [-0.25, -0.2) is 5.10 Å². The van der Waals surface area contributed by atoms with E-state index in [0.29, 0.717) is 34.0 Å². The van der Waals surface area contributed by atoms with E-state index in [1.54, 1.807) is 24.3 Å². The van der Waals surface area contributed by atoms with Crippen LogP contribution in [-0.4, -0.2) is 26.0 Å². The van der Waals surface area contributed by atoms with Crippen LogP contribution in [-0.2, 0) is 6.42 Å². The fraction of sp³-hybridized carbons (Fsp3) is 0.118. The largest absolute Gasteiger partial charge is 0.273 e. The van der Waals surface area contributed by atoms with Gasteiger partial charge < -0.3 is 0 Å². The molecule has 0 unspecified atom stereocenters. The minimum absolute atomic E-state index is 0.0681. The van der Waals surface area contributed by atoms with Gasteiger partial charge in [0, 0.05) is 22.8 Å². The molecule has 0 radical (unpaired) electrons. The van der Waals surface area contributed by atoms with Crippen molar-refractivity contribution in [3.8, 4) is 11.4 Å². The van der Waals surface area contributed by atoms with Crippen LogP contribution in [0, 0.1) is 14.9 Å². The second-order valence-electron chi connectivity index (χ2n) is 5.39. The lowest BCUT2D eigenvalue weighted by Crippen LogP contribution is -1.98. The molecule has 1 N–H and O–H groups in total. The summed E-state index contributed by atoms with van der Waals surface area (Å²) in [5.41, 5.74) is 2.00. The van der Waals surface area contributed by atoms with E-state index in [9.17, 15) is 10.1 Å². The highest BCUT2D eigenvalue weighted by Crippen LogP contribution is 2.26. The van der Waals surface area contributed by atoms with Crippen molar-refractivity contribution >= 4 is 35.7 Å². The fourth-order valence-corrected chi connectivity index (χ4v) is 2.87. The molecule has 1 heterocycles. The maximum absolute atomic E-state index is 11.2. The highest BCUT2D eigenvalue weighted by molar-refractivity contribution is 7.71. The third-order valence-electron chi connectivity index (χ3n) is 3.77. The zero-order valence-electron chi connectivity index (χ0n) is 13.7. The molecule has 3 rings (SSSR count). The molecule has 0 atom stereocenters. The monoisotopic (exact) mass is 387 g/mol. The predicted molar refractivity (Wildman–Crippen MR) is 103 cm³/mol. The second-order valence-corrected chi connectivity index (χ2v) is 6.18. The van der Waals surface area contributed by atoms with Gasteiger partial charge in [-0.15, -0.1) is 0 Å². The van der Waals surface area contributed by atoms with Crippen LogP contribution >= 0.6 is 23.8 Å². The second kappa shape index (κ2) is 7.59. The van der Waals surface area contributed by atoms with Gasteiger partial charge in [0.1, 0.15) is 0 Å². The quantitative estimate of drug-likeness (QED) is 0.299. The minimum atomic E-state index is -0.394. The van der Waals surface area contributed by atoms with E-state index in [0.717, 1.165) is 0 Å². The molecule has 1 aromatic heterocycles. The van der Waals surface area contributed by atoms with Crippen LogP contribution in [0.3, 0.4) is 0 Å².